The zero-order chi connectivity index (χ0) is 31.3. The second-order valence-corrected chi connectivity index (χ2v) is 14.0. The van der Waals surface area contributed by atoms with Gasteiger partial charge in [0.2, 0.25) is 15.9 Å². The van der Waals surface area contributed by atoms with Crippen molar-refractivity contribution in [1.29, 1.82) is 0 Å². The van der Waals surface area contributed by atoms with E-state index in [2.05, 4.69) is 18.5 Å². The number of carbonyl (C=O) groups excluding carboxylic acids is 3. The molecule has 2 aliphatic heterocycles. The van der Waals surface area contributed by atoms with Crippen LogP contribution in [-0.4, -0.2) is 105 Å². The van der Waals surface area contributed by atoms with Gasteiger partial charge in [0.1, 0.15) is 5.60 Å². The summed E-state index contributed by atoms with van der Waals surface area (Å²) >= 11 is 0. The highest BCUT2D eigenvalue weighted by Gasteiger charge is 2.46. The number of likely N-dealkylation sites (N-methyl/N-ethyl adjacent to an activating group) is 1. The Morgan fingerprint density at radius 2 is 1.93 bits per heavy atom. The van der Waals surface area contributed by atoms with Gasteiger partial charge in [0.05, 0.1) is 22.5 Å². The normalized spacial score (nSPS) is 22.7. The first-order chi connectivity index (χ1) is 19.7. The minimum absolute atomic E-state index is 0.00665. The number of nitrogens with one attached hydrogen (secondary N) is 1. The lowest BCUT2D eigenvalue weighted by Crippen LogP contribution is -2.49. The topological polar surface area (TPSA) is 126 Å². The number of sulfonamides is 1. The molecular formula is C30H44N4O7S. The van der Waals surface area contributed by atoms with Crippen molar-refractivity contribution < 1.29 is 32.3 Å². The van der Waals surface area contributed by atoms with E-state index in [1.165, 1.54) is 31.3 Å². The molecule has 0 bridgehead atoms. The van der Waals surface area contributed by atoms with Gasteiger partial charge >= 0.3 is 6.09 Å². The minimum atomic E-state index is -3.81. The molecule has 0 aliphatic carbocycles. The van der Waals surface area contributed by atoms with Gasteiger partial charge < -0.3 is 24.6 Å². The zero-order valence-electron chi connectivity index (χ0n) is 25.3. The van der Waals surface area contributed by atoms with Gasteiger partial charge in [-0.25, -0.2) is 13.2 Å². The number of methoxy groups -OCH3 is 1. The lowest BCUT2D eigenvalue weighted by molar-refractivity contribution is -0.130. The van der Waals surface area contributed by atoms with Crippen molar-refractivity contribution in [3.8, 4) is 0 Å². The van der Waals surface area contributed by atoms with Crippen LogP contribution >= 0.6 is 0 Å². The van der Waals surface area contributed by atoms with Crippen LogP contribution in [0, 0.1) is 5.41 Å². The van der Waals surface area contributed by atoms with Crippen LogP contribution in [0.2, 0.25) is 0 Å². The number of nitrogens with zero attached hydrogens (tertiary/aromatic N) is 3. The molecule has 232 valence electrons. The Balaban J connectivity index is 1.75. The molecule has 1 unspecified atom stereocenters. The Hall–Kier alpha value is -3.22. The second-order valence-electron chi connectivity index (χ2n) is 11.9. The Kier molecular flexibility index (Phi) is 10.6. The van der Waals surface area contributed by atoms with Crippen LogP contribution in [-0.2, 0) is 24.3 Å². The molecule has 0 spiro atoms. The van der Waals surface area contributed by atoms with Gasteiger partial charge in [-0.3, -0.25) is 9.59 Å². The van der Waals surface area contributed by atoms with E-state index < -0.39 is 27.1 Å². The van der Waals surface area contributed by atoms with Gasteiger partial charge in [-0.05, 0) is 58.2 Å². The number of rotatable bonds is 11. The quantitative estimate of drug-likeness (QED) is 0.385. The fraction of sp³-hybridized carbons (Fsp3) is 0.567. The fourth-order valence-corrected chi connectivity index (χ4v) is 6.56. The summed E-state index contributed by atoms with van der Waals surface area (Å²) in [5, 5.41) is 3.02. The standard InChI is InChI=1S/C30H44N4O7S/c1-8-13-30(14-16-33(21-30)28(37)41-29(3,4)5)27(36)31-19-23-18-24(40-7)20-34(23)26(35)22-11-10-12-25(17-22)42(38,39)32(6)15-9-2/h8-12,17,23-24H,1-2,13-16,18-21H2,3-7H3,(H,31,36)/t23-,24+,30?/m0/s1. The largest absolute Gasteiger partial charge is 0.444 e. The molecule has 12 heteroatoms. The molecule has 1 N–H and O–H groups in total. The van der Waals surface area contributed by atoms with Gasteiger partial charge in [-0.1, -0.05) is 18.2 Å². The van der Waals surface area contributed by atoms with E-state index in [0.29, 0.717) is 32.4 Å². The van der Waals surface area contributed by atoms with Crippen molar-refractivity contribution in [3.05, 3.63) is 55.1 Å². The van der Waals surface area contributed by atoms with Crippen molar-refractivity contribution >= 4 is 27.9 Å². The average Bonchev–Trinajstić information content (AvgIpc) is 3.56. The third-order valence-corrected chi connectivity index (χ3v) is 9.49. The molecule has 3 amide bonds. The molecule has 1 aromatic carbocycles. The second kappa shape index (κ2) is 13.4. The van der Waals surface area contributed by atoms with Crippen LogP contribution in [0.1, 0.15) is 50.4 Å². The van der Waals surface area contributed by atoms with Crippen LogP contribution in [0.4, 0.5) is 4.79 Å². The molecule has 2 heterocycles. The van der Waals surface area contributed by atoms with Crippen LogP contribution < -0.4 is 5.32 Å². The summed E-state index contributed by atoms with van der Waals surface area (Å²) in [6.45, 7) is 14.0. The molecule has 3 atom stereocenters. The lowest BCUT2D eigenvalue weighted by atomic mass is 9.82. The highest BCUT2D eigenvalue weighted by Crippen LogP contribution is 2.36. The Morgan fingerprint density at radius 1 is 1.21 bits per heavy atom. The van der Waals surface area contributed by atoms with Gasteiger partial charge in [0.25, 0.3) is 5.91 Å². The molecular weight excluding hydrogens is 560 g/mol. The van der Waals surface area contributed by atoms with Gasteiger partial charge in [0, 0.05) is 52.4 Å². The molecule has 2 saturated heterocycles. The molecule has 3 rings (SSSR count). The van der Waals surface area contributed by atoms with Crippen molar-refractivity contribution in [2.75, 3.05) is 46.9 Å². The summed E-state index contributed by atoms with van der Waals surface area (Å²) in [5.41, 5.74) is -1.28. The first kappa shape index (κ1) is 33.3. The van der Waals surface area contributed by atoms with E-state index in [1.54, 1.807) is 49.8 Å². The van der Waals surface area contributed by atoms with E-state index >= 15 is 0 Å². The number of hydrogen-bond acceptors (Lipinski definition) is 7. The predicted octanol–water partition coefficient (Wildman–Crippen LogP) is 3.04. The van der Waals surface area contributed by atoms with Crippen molar-refractivity contribution in [1.82, 2.24) is 19.4 Å². The molecule has 42 heavy (non-hydrogen) atoms. The highest BCUT2D eigenvalue weighted by molar-refractivity contribution is 7.89. The Morgan fingerprint density at radius 3 is 2.55 bits per heavy atom. The monoisotopic (exact) mass is 604 g/mol. The fourth-order valence-electron chi connectivity index (χ4n) is 5.38. The average molecular weight is 605 g/mol. The summed E-state index contributed by atoms with van der Waals surface area (Å²) in [5.74, 6) is -0.574. The number of likely N-dealkylation sites (tertiary alicyclic amines) is 2. The van der Waals surface area contributed by atoms with E-state index in [0.717, 1.165) is 4.31 Å². The van der Waals surface area contributed by atoms with Crippen LogP contribution in [0.5, 0.6) is 0 Å². The Bertz CT molecular complexity index is 1290. The van der Waals surface area contributed by atoms with E-state index in [-0.39, 0.29) is 54.1 Å². The summed E-state index contributed by atoms with van der Waals surface area (Å²) in [6, 6.07) is 5.56. The van der Waals surface area contributed by atoms with Gasteiger partial charge in [-0.15, -0.1) is 13.2 Å². The number of carbonyl (C=O) groups is 3. The number of amides is 3. The first-order valence-electron chi connectivity index (χ1n) is 14.1. The summed E-state index contributed by atoms with van der Waals surface area (Å²) in [7, 11) is -0.791. The molecule has 11 nitrogen and oxygen atoms in total. The summed E-state index contributed by atoms with van der Waals surface area (Å²) < 4.78 is 38.1. The molecule has 1 aromatic rings. The molecule has 0 aromatic heterocycles. The van der Waals surface area contributed by atoms with Crippen LogP contribution in [0.25, 0.3) is 0 Å². The zero-order valence-corrected chi connectivity index (χ0v) is 26.1. The summed E-state index contributed by atoms with van der Waals surface area (Å²) in [6.07, 6.45) is 3.81. The predicted molar refractivity (Wildman–Crippen MR) is 159 cm³/mol. The van der Waals surface area contributed by atoms with Crippen molar-refractivity contribution in [2.45, 2.75) is 62.7 Å². The number of benzene rings is 1. The SMILES string of the molecule is C=CCN(C)S(=O)(=O)c1cccc(C(=O)N2C[C@H](OC)C[C@H]2CNC(=O)C2(CC=C)CCN(C(=O)OC(C)(C)C)C2)c1. The smallest absolute Gasteiger partial charge is 0.410 e. The highest BCUT2D eigenvalue weighted by atomic mass is 32.2. The Labute approximate surface area is 249 Å². The van der Waals surface area contributed by atoms with Crippen molar-refractivity contribution in [3.63, 3.8) is 0 Å². The van der Waals surface area contributed by atoms with Gasteiger partial charge in [-0.2, -0.15) is 4.31 Å². The van der Waals surface area contributed by atoms with E-state index in [4.69, 9.17) is 9.47 Å². The third-order valence-electron chi connectivity index (χ3n) is 7.67. The maximum Gasteiger partial charge on any atom is 0.410 e. The van der Waals surface area contributed by atoms with Crippen molar-refractivity contribution in [2.24, 2.45) is 5.41 Å². The molecule has 0 saturated carbocycles. The van der Waals surface area contributed by atoms with E-state index in [1.807, 2.05) is 0 Å². The third kappa shape index (κ3) is 7.59. The summed E-state index contributed by atoms with van der Waals surface area (Å²) in [4.78, 5) is 43.1. The number of ether oxygens (including phenoxy) is 2. The van der Waals surface area contributed by atoms with E-state index in [9.17, 15) is 22.8 Å². The van der Waals surface area contributed by atoms with Gasteiger partial charge in [0.15, 0.2) is 0 Å². The minimum Gasteiger partial charge on any atom is -0.444 e. The molecule has 2 fully saturated rings. The lowest BCUT2D eigenvalue weighted by Gasteiger charge is -2.30. The molecule has 2 aliphatic rings. The maximum atomic E-state index is 13.7. The first-order valence-corrected chi connectivity index (χ1v) is 15.5. The maximum absolute atomic E-state index is 13.7. The number of hydrogen-bond donors (Lipinski definition) is 1. The van der Waals surface area contributed by atoms with Crippen LogP contribution in [0.15, 0.2) is 54.5 Å². The van der Waals surface area contributed by atoms with Crippen LogP contribution in [0.3, 0.4) is 0 Å². The number of allylic oxidation sites excluding steroid dienone is 1. The molecule has 0 radical (unpaired) electrons.